The summed E-state index contributed by atoms with van der Waals surface area (Å²) in [6, 6.07) is 0.365. The summed E-state index contributed by atoms with van der Waals surface area (Å²) in [4.78, 5) is 4.85. The van der Waals surface area contributed by atoms with E-state index in [1.165, 1.54) is 45.3 Å². The number of nitrogens with two attached hydrogens (primary N) is 1. The van der Waals surface area contributed by atoms with Crippen LogP contribution >= 0.6 is 0 Å². The molecule has 0 amide bonds. The van der Waals surface area contributed by atoms with Gasteiger partial charge in [0, 0.05) is 25.7 Å². The minimum Gasteiger partial charge on any atom is -0.327 e. The quantitative estimate of drug-likeness (QED) is 0.713. The van der Waals surface area contributed by atoms with Crippen LogP contribution in [0, 0.1) is 5.92 Å². The lowest BCUT2D eigenvalue weighted by Gasteiger charge is -2.24. The van der Waals surface area contributed by atoms with Gasteiger partial charge in [0.15, 0.2) is 0 Å². The Kier molecular flexibility index (Phi) is 6.32. The fourth-order valence-electron chi connectivity index (χ4n) is 2.65. The van der Waals surface area contributed by atoms with Gasteiger partial charge < -0.3 is 15.5 Å². The van der Waals surface area contributed by atoms with Gasteiger partial charge in [-0.15, -0.1) is 0 Å². The lowest BCUT2D eigenvalue weighted by molar-refractivity contribution is 0.255. The number of unbranched alkanes of at least 4 members (excludes halogenated alkanes) is 1. The van der Waals surface area contributed by atoms with Gasteiger partial charge in [-0.3, -0.25) is 0 Å². The average Bonchev–Trinajstić information content (AvgIpc) is 2.60. The van der Waals surface area contributed by atoms with E-state index in [1.54, 1.807) is 0 Å². The fraction of sp³-hybridized carbons (Fsp3) is 1.00. The summed E-state index contributed by atoms with van der Waals surface area (Å²) in [7, 11) is 4.43. The Balaban J connectivity index is 2.12. The molecule has 0 aliphatic carbocycles. The second-order valence-corrected chi connectivity index (χ2v) is 5.54. The highest BCUT2D eigenvalue weighted by Crippen LogP contribution is 2.15. The Morgan fingerprint density at radius 3 is 2.81 bits per heavy atom. The predicted molar refractivity (Wildman–Crippen MR) is 70.6 cm³/mol. The van der Waals surface area contributed by atoms with Crippen molar-refractivity contribution in [3.63, 3.8) is 0 Å². The van der Waals surface area contributed by atoms with Crippen molar-refractivity contribution in [3.05, 3.63) is 0 Å². The van der Waals surface area contributed by atoms with Gasteiger partial charge in [0.1, 0.15) is 0 Å². The summed E-state index contributed by atoms with van der Waals surface area (Å²) >= 11 is 0. The summed E-state index contributed by atoms with van der Waals surface area (Å²) in [6.07, 6.45) is 5.04. The first-order valence-corrected chi connectivity index (χ1v) is 6.74. The minimum absolute atomic E-state index is 0.365. The van der Waals surface area contributed by atoms with E-state index in [0.29, 0.717) is 6.04 Å². The normalized spacial score (nSPS) is 24.2. The van der Waals surface area contributed by atoms with Crippen LogP contribution in [0.2, 0.25) is 0 Å². The molecule has 2 atom stereocenters. The maximum Gasteiger partial charge on any atom is 0.0167 e. The first-order valence-electron chi connectivity index (χ1n) is 6.74. The van der Waals surface area contributed by atoms with E-state index in [1.807, 2.05) is 0 Å². The van der Waals surface area contributed by atoms with Crippen molar-refractivity contribution in [1.29, 1.82) is 0 Å². The SMILES string of the molecule is CCCCC(N)CN(C)CC1CCN(C)C1. The predicted octanol–water partition coefficient (Wildman–Crippen LogP) is 1.39. The van der Waals surface area contributed by atoms with Crippen molar-refractivity contribution in [2.24, 2.45) is 11.7 Å². The highest BCUT2D eigenvalue weighted by Gasteiger charge is 2.21. The molecule has 2 N–H and O–H groups in total. The van der Waals surface area contributed by atoms with Gasteiger partial charge in [0.2, 0.25) is 0 Å². The maximum absolute atomic E-state index is 6.11. The molecule has 0 radical (unpaired) electrons. The van der Waals surface area contributed by atoms with Crippen LogP contribution in [-0.4, -0.2) is 56.1 Å². The van der Waals surface area contributed by atoms with E-state index >= 15 is 0 Å². The van der Waals surface area contributed by atoms with Crippen LogP contribution in [0.15, 0.2) is 0 Å². The van der Waals surface area contributed by atoms with E-state index in [0.717, 1.165) is 12.5 Å². The summed E-state index contributed by atoms with van der Waals surface area (Å²) < 4.78 is 0. The molecule has 2 unspecified atom stereocenters. The van der Waals surface area contributed by atoms with E-state index in [-0.39, 0.29) is 0 Å². The van der Waals surface area contributed by atoms with Gasteiger partial charge >= 0.3 is 0 Å². The van der Waals surface area contributed by atoms with Crippen molar-refractivity contribution in [2.75, 3.05) is 40.3 Å². The van der Waals surface area contributed by atoms with Crippen molar-refractivity contribution < 1.29 is 0 Å². The topological polar surface area (TPSA) is 32.5 Å². The Labute approximate surface area is 101 Å². The number of rotatable bonds is 7. The number of likely N-dealkylation sites (tertiary alicyclic amines) is 1. The third kappa shape index (κ3) is 5.28. The molecule has 0 spiro atoms. The van der Waals surface area contributed by atoms with E-state index < -0.39 is 0 Å². The zero-order valence-corrected chi connectivity index (χ0v) is 11.3. The summed E-state index contributed by atoms with van der Waals surface area (Å²) in [6.45, 7) is 7.02. The van der Waals surface area contributed by atoms with E-state index in [9.17, 15) is 0 Å². The highest BCUT2D eigenvalue weighted by molar-refractivity contribution is 4.76. The molecule has 0 aromatic rings. The second-order valence-electron chi connectivity index (χ2n) is 5.54. The van der Waals surface area contributed by atoms with Crippen LogP contribution in [0.1, 0.15) is 32.6 Å². The summed E-state index contributed by atoms with van der Waals surface area (Å²) in [5, 5.41) is 0. The van der Waals surface area contributed by atoms with E-state index in [4.69, 9.17) is 5.73 Å². The third-order valence-electron chi connectivity index (χ3n) is 3.53. The summed E-state index contributed by atoms with van der Waals surface area (Å²) in [5.41, 5.74) is 6.11. The Bertz CT molecular complexity index is 184. The Morgan fingerprint density at radius 2 is 2.25 bits per heavy atom. The molecule has 3 nitrogen and oxygen atoms in total. The average molecular weight is 227 g/mol. The zero-order valence-electron chi connectivity index (χ0n) is 11.3. The molecule has 3 heteroatoms. The van der Waals surface area contributed by atoms with Crippen LogP contribution in [0.4, 0.5) is 0 Å². The second kappa shape index (κ2) is 7.25. The molecule has 1 heterocycles. The van der Waals surface area contributed by atoms with Gasteiger partial charge in [-0.25, -0.2) is 0 Å². The lowest BCUT2D eigenvalue weighted by atomic mass is 10.1. The molecular weight excluding hydrogens is 198 g/mol. The third-order valence-corrected chi connectivity index (χ3v) is 3.53. The van der Waals surface area contributed by atoms with Crippen LogP contribution in [0.5, 0.6) is 0 Å². The zero-order chi connectivity index (χ0) is 12.0. The Hall–Kier alpha value is -0.120. The maximum atomic E-state index is 6.11. The van der Waals surface area contributed by atoms with Crippen LogP contribution in [0.3, 0.4) is 0 Å². The van der Waals surface area contributed by atoms with E-state index in [2.05, 4.69) is 30.8 Å². The highest BCUT2D eigenvalue weighted by atomic mass is 15.2. The molecule has 1 fully saturated rings. The van der Waals surface area contributed by atoms with Crippen molar-refractivity contribution in [1.82, 2.24) is 9.80 Å². The molecule has 1 aliphatic rings. The molecular formula is C13H29N3. The smallest absolute Gasteiger partial charge is 0.0167 e. The molecule has 1 aliphatic heterocycles. The van der Waals surface area contributed by atoms with Gasteiger partial charge in [-0.05, 0) is 39.4 Å². The first-order chi connectivity index (χ1) is 7.61. The molecule has 1 rings (SSSR count). The van der Waals surface area contributed by atoms with Crippen molar-refractivity contribution >= 4 is 0 Å². The molecule has 0 saturated carbocycles. The number of hydrogen-bond donors (Lipinski definition) is 1. The number of nitrogens with zero attached hydrogens (tertiary/aromatic N) is 2. The minimum atomic E-state index is 0.365. The van der Waals surface area contributed by atoms with Crippen molar-refractivity contribution in [2.45, 2.75) is 38.6 Å². The molecule has 0 bridgehead atoms. The molecule has 1 saturated heterocycles. The van der Waals surface area contributed by atoms with Gasteiger partial charge in [0.25, 0.3) is 0 Å². The van der Waals surface area contributed by atoms with Gasteiger partial charge in [0.05, 0.1) is 0 Å². The molecule has 96 valence electrons. The van der Waals surface area contributed by atoms with Crippen LogP contribution in [-0.2, 0) is 0 Å². The lowest BCUT2D eigenvalue weighted by Crippen LogP contribution is -2.38. The molecule has 0 aromatic carbocycles. The van der Waals surface area contributed by atoms with Crippen LogP contribution < -0.4 is 5.73 Å². The molecule has 0 aromatic heterocycles. The van der Waals surface area contributed by atoms with Gasteiger partial charge in [-0.2, -0.15) is 0 Å². The monoisotopic (exact) mass is 227 g/mol. The largest absolute Gasteiger partial charge is 0.327 e. The van der Waals surface area contributed by atoms with Gasteiger partial charge in [-0.1, -0.05) is 19.8 Å². The van der Waals surface area contributed by atoms with Crippen LogP contribution in [0.25, 0.3) is 0 Å². The van der Waals surface area contributed by atoms with Crippen molar-refractivity contribution in [3.8, 4) is 0 Å². The Morgan fingerprint density at radius 1 is 1.50 bits per heavy atom. The summed E-state index contributed by atoms with van der Waals surface area (Å²) in [5.74, 6) is 0.855. The first kappa shape index (κ1) is 13.9. The standard InChI is InChI=1S/C13H29N3/c1-4-5-6-13(14)11-16(3)10-12-7-8-15(2)9-12/h12-13H,4-11,14H2,1-3H3. The number of hydrogen-bond acceptors (Lipinski definition) is 3. The molecule has 16 heavy (non-hydrogen) atoms. The fourth-order valence-corrected chi connectivity index (χ4v) is 2.65. The number of likely N-dealkylation sites (N-methyl/N-ethyl adjacent to an activating group) is 1.